The van der Waals surface area contributed by atoms with E-state index in [1.807, 2.05) is 6.92 Å². The monoisotopic (exact) mass is 490 g/mol. The number of methoxy groups -OCH3 is 1. The van der Waals surface area contributed by atoms with E-state index in [1.165, 1.54) is 0 Å². The van der Waals surface area contributed by atoms with E-state index >= 15 is 0 Å². The molecule has 190 valence electrons. The van der Waals surface area contributed by atoms with E-state index in [0.717, 1.165) is 70.2 Å². The van der Waals surface area contributed by atoms with Gasteiger partial charge >= 0.3 is 6.18 Å². The third-order valence-electron chi connectivity index (χ3n) is 7.83. The Labute approximate surface area is 204 Å². The van der Waals surface area contributed by atoms with Crippen LogP contribution < -0.4 is 10.1 Å². The van der Waals surface area contributed by atoms with Crippen molar-refractivity contribution in [3.63, 3.8) is 0 Å². The minimum Gasteiger partial charge on any atom is -0.497 e. The summed E-state index contributed by atoms with van der Waals surface area (Å²) in [6.07, 6.45) is -0.537. The third-order valence-corrected chi connectivity index (χ3v) is 7.83. The van der Waals surface area contributed by atoms with E-state index in [4.69, 9.17) is 9.47 Å². The number of nitrogens with zero attached hydrogens (tertiary/aromatic N) is 3. The average molecular weight is 491 g/mol. The smallest absolute Gasteiger partial charge is 0.420 e. The SMILES string of the molecule is COc1ccc(-c2cc(C(F)(F)F)c(NC3C[C@@H]4CN(CC5CCOCC5)C[C@@H]4C3)nn2)c(C)c1. The van der Waals surface area contributed by atoms with Crippen LogP contribution in [0.1, 0.15) is 36.8 Å². The Morgan fingerprint density at radius 2 is 1.80 bits per heavy atom. The van der Waals surface area contributed by atoms with Crippen molar-refractivity contribution in [2.24, 2.45) is 17.8 Å². The zero-order chi connectivity index (χ0) is 24.6. The highest BCUT2D eigenvalue weighted by molar-refractivity contribution is 5.66. The molecule has 1 aromatic heterocycles. The van der Waals surface area contributed by atoms with Gasteiger partial charge < -0.3 is 19.7 Å². The topological polar surface area (TPSA) is 59.5 Å². The van der Waals surface area contributed by atoms with E-state index in [2.05, 4.69) is 20.4 Å². The van der Waals surface area contributed by atoms with Gasteiger partial charge in [0.2, 0.25) is 0 Å². The minimum absolute atomic E-state index is 0.0146. The molecule has 0 spiro atoms. The fourth-order valence-corrected chi connectivity index (χ4v) is 6.05. The van der Waals surface area contributed by atoms with Gasteiger partial charge in [-0.05, 0) is 80.2 Å². The number of alkyl halides is 3. The molecule has 3 aliphatic rings. The second-order valence-electron chi connectivity index (χ2n) is 10.3. The van der Waals surface area contributed by atoms with Crippen LogP contribution in [0.5, 0.6) is 5.75 Å². The molecular formula is C26H33F3N4O2. The second-order valence-corrected chi connectivity index (χ2v) is 10.3. The summed E-state index contributed by atoms with van der Waals surface area (Å²) in [5.74, 6) is 2.23. The first kappa shape index (κ1) is 24.3. The molecule has 1 aliphatic carbocycles. The maximum absolute atomic E-state index is 14.0. The molecule has 1 N–H and O–H groups in total. The number of hydrogen-bond donors (Lipinski definition) is 1. The Bertz CT molecular complexity index is 1030. The second kappa shape index (κ2) is 9.93. The highest BCUT2D eigenvalue weighted by Crippen LogP contribution is 2.42. The molecule has 0 radical (unpaired) electrons. The van der Waals surface area contributed by atoms with Gasteiger partial charge in [-0.2, -0.15) is 13.2 Å². The number of hydrogen-bond acceptors (Lipinski definition) is 6. The fourth-order valence-electron chi connectivity index (χ4n) is 6.05. The predicted molar refractivity (Wildman–Crippen MR) is 127 cm³/mol. The first-order chi connectivity index (χ1) is 16.8. The lowest BCUT2D eigenvalue weighted by Crippen LogP contribution is -2.32. The van der Waals surface area contributed by atoms with Crippen LogP contribution >= 0.6 is 0 Å². The number of rotatable bonds is 6. The number of benzene rings is 1. The van der Waals surface area contributed by atoms with Crippen molar-refractivity contribution < 1.29 is 22.6 Å². The van der Waals surface area contributed by atoms with E-state index in [-0.39, 0.29) is 17.6 Å². The van der Waals surface area contributed by atoms with Gasteiger partial charge in [-0.15, -0.1) is 10.2 Å². The normalized spacial score (nSPS) is 25.6. The third kappa shape index (κ3) is 5.40. The van der Waals surface area contributed by atoms with Crippen LogP contribution in [0.25, 0.3) is 11.3 Å². The number of fused-ring (bicyclic) bond motifs is 1. The molecule has 2 saturated heterocycles. The van der Waals surface area contributed by atoms with Gasteiger partial charge in [0, 0.05) is 44.5 Å². The van der Waals surface area contributed by atoms with Crippen molar-refractivity contribution >= 4 is 5.82 Å². The van der Waals surface area contributed by atoms with Gasteiger partial charge in [-0.25, -0.2) is 0 Å². The molecule has 1 saturated carbocycles. The minimum atomic E-state index is -4.53. The molecule has 3 atom stereocenters. The van der Waals surface area contributed by atoms with Gasteiger partial charge in [-0.3, -0.25) is 0 Å². The number of ether oxygens (including phenoxy) is 2. The highest BCUT2D eigenvalue weighted by Gasteiger charge is 2.43. The van der Waals surface area contributed by atoms with Crippen molar-refractivity contribution in [2.45, 2.75) is 44.8 Å². The van der Waals surface area contributed by atoms with Crippen LogP contribution in [-0.2, 0) is 10.9 Å². The molecular weight excluding hydrogens is 457 g/mol. The van der Waals surface area contributed by atoms with E-state index in [9.17, 15) is 13.2 Å². The maximum Gasteiger partial charge on any atom is 0.420 e. The molecule has 1 aromatic carbocycles. The Hall–Kier alpha value is -2.39. The molecule has 3 fully saturated rings. The lowest BCUT2D eigenvalue weighted by molar-refractivity contribution is -0.137. The summed E-state index contributed by atoms with van der Waals surface area (Å²) in [7, 11) is 1.55. The van der Waals surface area contributed by atoms with Crippen molar-refractivity contribution in [1.82, 2.24) is 15.1 Å². The molecule has 1 unspecified atom stereocenters. The molecule has 2 aliphatic heterocycles. The molecule has 6 nitrogen and oxygen atoms in total. The molecule has 35 heavy (non-hydrogen) atoms. The van der Waals surface area contributed by atoms with Crippen LogP contribution in [0.3, 0.4) is 0 Å². The largest absolute Gasteiger partial charge is 0.497 e. The number of likely N-dealkylation sites (tertiary alicyclic amines) is 1. The predicted octanol–water partition coefficient (Wildman–Crippen LogP) is 5.03. The average Bonchev–Trinajstić information content (AvgIpc) is 3.37. The Kier molecular flexibility index (Phi) is 6.90. The van der Waals surface area contributed by atoms with E-state index in [1.54, 1.807) is 25.3 Å². The quantitative estimate of drug-likeness (QED) is 0.613. The van der Waals surface area contributed by atoms with Gasteiger partial charge in [0.05, 0.1) is 12.8 Å². The summed E-state index contributed by atoms with van der Waals surface area (Å²) in [5, 5.41) is 11.3. The zero-order valence-electron chi connectivity index (χ0n) is 20.3. The lowest BCUT2D eigenvalue weighted by Gasteiger charge is -2.28. The van der Waals surface area contributed by atoms with Gasteiger partial charge in [-0.1, -0.05) is 0 Å². The van der Waals surface area contributed by atoms with Crippen LogP contribution in [-0.4, -0.2) is 61.1 Å². The molecule has 5 rings (SSSR count). The van der Waals surface area contributed by atoms with E-state index < -0.39 is 11.7 Å². The van der Waals surface area contributed by atoms with Crippen molar-refractivity contribution in [3.05, 3.63) is 35.4 Å². The Balaban J connectivity index is 1.26. The van der Waals surface area contributed by atoms with Crippen molar-refractivity contribution in [2.75, 3.05) is 45.3 Å². The van der Waals surface area contributed by atoms with Gasteiger partial charge in [0.15, 0.2) is 5.82 Å². The fraction of sp³-hybridized carbons (Fsp3) is 0.615. The van der Waals surface area contributed by atoms with Gasteiger partial charge in [0.1, 0.15) is 11.3 Å². The Morgan fingerprint density at radius 1 is 1.09 bits per heavy atom. The number of halogens is 3. The van der Waals surface area contributed by atoms with Crippen LogP contribution in [0.15, 0.2) is 24.3 Å². The molecule has 0 amide bonds. The van der Waals surface area contributed by atoms with Gasteiger partial charge in [0.25, 0.3) is 0 Å². The standard InChI is InChI=1S/C26H33F3N4O2/c1-16-9-21(34-2)3-4-22(16)24-12-23(26(27,28)29)25(32-31-24)30-20-10-18-14-33(15-19(18)11-20)13-17-5-7-35-8-6-17/h3-4,9,12,17-20H,5-8,10-11,13-15H2,1-2H3,(H,30,32)/t18-,19+,20?. The summed E-state index contributed by atoms with van der Waals surface area (Å²) in [6.45, 7) is 6.72. The number of anilines is 1. The first-order valence-corrected chi connectivity index (χ1v) is 12.5. The summed E-state index contributed by atoms with van der Waals surface area (Å²) in [6, 6.07) is 6.30. The first-order valence-electron chi connectivity index (χ1n) is 12.5. The summed E-state index contributed by atoms with van der Waals surface area (Å²) >= 11 is 0. The number of aromatic nitrogens is 2. The highest BCUT2D eigenvalue weighted by atomic mass is 19.4. The number of aryl methyl sites for hydroxylation is 1. The maximum atomic E-state index is 14.0. The van der Waals surface area contributed by atoms with Crippen LogP contribution in [0.4, 0.5) is 19.0 Å². The summed E-state index contributed by atoms with van der Waals surface area (Å²) in [4.78, 5) is 2.55. The molecule has 3 heterocycles. The van der Waals surface area contributed by atoms with Crippen molar-refractivity contribution in [1.29, 1.82) is 0 Å². The molecule has 0 bridgehead atoms. The van der Waals surface area contributed by atoms with E-state index in [0.29, 0.717) is 29.1 Å². The van der Waals surface area contributed by atoms with Crippen molar-refractivity contribution in [3.8, 4) is 17.0 Å². The zero-order valence-corrected chi connectivity index (χ0v) is 20.3. The lowest BCUT2D eigenvalue weighted by atomic mass is 10.00. The number of nitrogens with one attached hydrogen (secondary N) is 1. The molecule has 2 aromatic rings. The van der Waals surface area contributed by atoms with Crippen LogP contribution in [0.2, 0.25) is 0 Å². The summed E-state index contributed by atoms with van der Waals surface area (Å²) < 4.78 is 52.7. The summed E-state index contributed by atoms with van der Waals surface area (Å²) in [5.41, 5.74) is 0.822. The van der Waals surface area contributed by atoms with Crippen LogP contribution in [0, 0.1) is 24.7 Å². The Morgan fingerprint density at radius 3 is 2.43 bits per heavy atom. The molecule has 9 heteroatoms.